The van der Waals surface area contributed by atoms with Crippen LogP contribution in [0.1, 0.15) is 11.1 Å². The molecule has 0 saturated carbocycles. The second-order valence-electron chi connectivity index (χ2n) is 5.38. The van der Waals surface area contributed by atoms with E-state index in [1.54, 1.807) is 13.2 Å². The highest BCUT2D eigenvalue weighted by atomic mass is 127. The number of halogens is 1. The molecule has 2 N–H and O–H groups in total. The van der Waals surface area contributed by atoms with Crippen molar-refractivity contribution in [2.45, 2.75) is 13.1 Å². The smallest absolute Gasteiger partial charge is 0.191 e. The number of rotatable bonds is 5. The summed E-state index contributed by atoms with van der Waals surface area (Å²) in [6.07, 6.45) is 3.71. The van der Waals surface area contributed by atoms with Crippen LogP contribution in [0.3, 0.4) is 0 Å². The van der Waals surface area contributed by atoms with Crippen molar-refractivity contribution in [3.05, 3.63) is 84.2 Å². The number of aromatic nitrogens is 2. The van der Waals surface area contributed by atoms with E-state index in [1.807, 2.05) is 35.1 Å². The Balaban J connectivity index is 0.00000225. The van der Waals surface area contributed by atoms with Crippen molar-refractivity contribution < 1.29 is 0 Å². The van der Waals surface area contributed by atoms with Gasteiger partial charge in [0, 0.05) is 32.5 Å². The van der Waals surface area contributed by atoms with Crippen LogP contribution < -0.4 is 10.6 Å². The van der Waals surface area contributed by atoms with Gasteiger partial charge in [-0.1, -0.05) is 42.5 Å². The minimum absolute atomic E-state index is 0. The quantitative estimate of drug-likeness (QED) is 0.359. The van der Waals surface area contributed by atoms with Crippen LogP contribution in [0.5, 0.6) is 0 Å². The Hall–Kier alpha value is -2.35. The highest BCUT2D eigenvalue weighted by molar-refractivity contribution is 14.0. The van der Waals surface area contributed by atoms with Crippen LogP contribution >= 0.6 is 24.0 Å². The van der Waals surface area contributed by atoms with Crippen molar-refractivity contribution in [2.75, 3.05) is 7.05 Å². The predicted octanol–water partition coefficient (Wildman–Crippen LogP) is 3.36. The molecule has 1 aromatic heterocycles. The molecule has 2 aromatic carbocycles. The number of hydrogen-bond donors (Lipinski definition) is 2. The number of hydrogen-bond acceptors (Lipinski definition) is 2. The van der Waals surface area contributed by atoms with Crippen LogP contribution in [0.25, 0.3) is 5.69 Å². The van der Waals surface area contributed by atoms with Gasteiger partial charge in [-0.25, -0.2) is 4.68 Å². The lowest BCUT2D eigenvalue weighted by atomic mass is 10.2. The molecule has 0 aliphatic heterocycles. The van der Waals surface area contributed by atoms with Crippen LogP contribution in [0.2, 0.25) is 0 Å². The zero-order chi connectivity index (χ0) is 16.6. The van der Waals surface area contributed by atoms with Gasteiger partial charge in [0.25, 0.3) is 0 Å². The average molecular weight is 447 g/mol. The maximum atomic E-state index is 4.26. The topological polar surface area (TPSA) is 54.2 Å². The Morgan fingerprint density at radius 1 is 0.920 bits per heavy atom. The molecule has 0 bridgehead atoms. The molecule has 1 heterocycles. The minimum Gasteiger partial charge on any atom is -0.352 e. The first-order chi connectivity index (χ1) is 11.8. The number of guanidine groups is 1. The summed E-state index contributed by atoms with van der Waals surface area (Å²) in [6, 6.07) is 20.5. The summed E-state index contributed by atoms with van der Waals surface area (Å²) in [5.41, 5.74) is 3.47. The van der Waals surface area contributed by atoms with Crippen LogP contribution in [-0.2, 0) is 13.1 Å². The van der Waals surface area contributed by atoms with Crippen LogP contribution in [0.4, 0.5) is 0 Å². The van der Waals surface area contributed by atoms with E-state index >= 15 is 0 Å². The Morgan fingerprint density at radius 2 is 1.56 bits per heavy atom. The van der Waals surface area contributed by atoms with Gasteiger partial charge in [-0.3, -0.25) is 4.99 Å². The summed E-state index contributed by atoms with van der Waals surface area (Å²) >= 11 is 0. The molecule has 0 amide bonds. The van der Waals surface area contributed by atoms with Gasteiger partial charge in [-0.15, -0.1) is 24.0 Å². The maximum Gasteiger partial charge on any atom is 0.191 e. The largest absolute Gasteiger partial charge is 0.352 e. The highest BCUT2D eigenvalue weighted by Crippen LogP contribution is 2.08. The number of aliphatic imine (C=N–C) groups is 1. The third-order valence-electron chi connectivity index (χ3n) is 3.69. The van der Waals surface area contributed by atoms with Crippen molar-refractivity contribution in [1.29, 1.82) is 0 Å². The highest BCUT2D eigenvalue weighted by Gasteiger charge is 2.00. The summed E-state index contributed by atoms with van der Waals surface area (Å²) in [4.78, 5) is 4.26. The standard InChI is InChI=1S/C19H21N5.HI/c1-20-19(21-14-16-6-3-2-4-7-16)22-15-17-8-10-18(11-9-17)24-13-5-12-23-24;/h2-13H,14-15H2,1H3,(H2,20,21,22);1H. The van der Waals surface area contributed by atoms with Gasteiger partial charge in [0.2, 0.25) is 0 Å². The summed E-state index contributed by atoms with van der Waals surface area (Å²) in [5, 5.41) is 10.9. The summed E-state index contributed by atoms with van der Waals surface area (Å²) in [6.45, 7) is 1.46. The van der Waals surface area contributed by atoms with E-state index in [1.165, 1.54) is 11.1 Å². The number of nitrogens with zero attached hydrogens (tertiary/aromatic N) is 3. The molecule has 3 aromatic rings. The monoisotopic (exact) mass is 447 g/mol. The molecule has 0 radical (unpaired) electrons. The Kier molecular flexibility index (Phi) is 7.46. The molecule has 0 aliphatic rings. The van der Waals surface area contributed by atoms with Crippen LogP contribution in [0.15, 0.2) is 78.0 Å². The van der Waals surface area contributed by atoms with E-state index in [0.29, 0.717) is 6.54 Å². The van der Waals surface area contributed by atoms with Gasteiger partial charge in [-0.05, 0) is 29.3 Å². The van der Waals surface area contributed by atoms with Crippen molar-refractivity contribution in [1.82, 2.24) is 20.4 Å². The van der Waals surface area contributed by atoms with E-state index in [-0.39, 0.29) is 24.0 Å². The molecule has 0 fully saturated rings. The van der Waals surface area contributed by atoms with Gasteiger partial charge in [0.1, 0.15) is 0 Å². The van der Waals surface area contributed by atoms with Crippen LogP contribution in [0, 0.1) is 0 Å². The molecular weight excluding hydrogens is 425 g/mol. The fourth-order valence-corrected chi connectivity index (χ4v) is 2.38. The molecule has 5 nitrogen and oxygen atoms in total. The third-order valence-corrected chi connectivity index (χ3v) is 3.69. The number of nitrogens with one attached hydrogen (secondary N) is 2. The molecule has 25 heavy (non-hydrogen) atoms. The van der Waals surface area contributed by atoms with Gasteiger partial charge >= 0.3 is 0 Å². The predicted molar refractivity (Wildman–Crippen MR) is 112 cm³/mol. The van der Waals surface area contributed by atoms with Crippen molar-refractivity contribution >= 4 is 29.9 Å². The fraction of sp³-hybridized carbons (Fsp3) is 0.158. The SMILES string of the molecule is CN=C(NCc1ccccc1)NCc1ccc(-n2cccn2)cc1.I. The molecule has 6 heteroatoms. The molecule has 0 atom stereocenters. The van der Waals surface area contributed by atoms with E-state index in [4.69, 9.17) is 0 Å². The number of benzene rings is 2. The van der Waals surface area contributed by atoms with Crippen molar-refractivity contribution in [2.24, 2.45) is 4.99 Å². The first kappa shape index (κ1) is 19.0. The van der Waals surface area contributed by atoms with Gasteiger partial charge in [0.15, 0.2) is 5.96 Å². The molecule has 0 unspecified atom stereocenters. The molecule has 0 saturated heterocycles. The van der Waals surface area contributed by atoms with Gasteiger partial charge in [0.05, 0.1) is 5.69 Å². The lowest BCUT2D eigenvalue weighted by Gasteiger charge is -2.12. The zero-order valence-electron chi connectivity index (χ0n) is 14.1. The third kappa shape index (κ3) is 5.60. The zero-order valence-corrected chi connectivity index (χ0v) is 16.4. The fourth-order valence-electron chi connectivity index (χ4n) is 2.38. The molecular formula is C19H22IN5. The molecule has 0 spiro atoms. The first-order valence-electron chi connectivity index (χ1n) is 7.92. The second-order valence-corrected chi connectivity index (χ2v) is 5.38. The van der Waals surface area contributed by atoms with Gasteiger partial charge in [-0.2, -0.15) is 5.10 Å². The normalized spacial score (nSPS) is 10.8. The van der Waals surface area contributed by atoms with Crippen LogP contribution in [-0.4, -0.2) is 22.8 Å². The van der Waals surface area contributed by atoms with E-state index in [0.717, 1.165) is 18.2 Å². The second kappa shape index (κ2) is 9.83. The maximum absolute atomic E-state index is 4.26. The molecule has 130 valence electrons. The summed E-state index contributed by atoms with van der Waals surface area (Å²) in [5.74, 6) is 0.787. The Bertz CT molecular complexity index is 767. The van der Waals surface area contributed by atoms with E-state index < -0.39 is 0 Å². The van der Waals surface area contributed by atoms with E-state index in [9.17, 15) is 0 Å². The van der Waals surface area contributed by atoms with E-state index in [2.05, 4.69) is 57.1 Å². The Labute approximate surface area is 165 Å². The van der Waals surface area contributed by atoms with Crippen molar-refractivity contribution in [3.8, 4) is 5.69 Å². The minimum atomic E-state index is 0. The molecule has 3 rings (SSSR count). The lowest BCUT2D eigenvalue weighted by molar-refractivity contribution is 0.808. The summed E-state index contributed by atoms with van der Waals surface area (Å²) in [7, 11) is 1.78. The summed E-state index contributed by atoms with van der Waals surface area (Å²) < 4.78 is 1.84. The Morgan fingerprint density at radius 3 is 2.12 bits per heavy atom. The van der Waals surface area contributed by atoms with Gasteiger partial charge < -0.3 is 10.6 Å². The average Bonchev–Trinajstić information content (AvgIpc) is 3.18. The van der Waals surface area contributed by atoms with Crippen molar-refractivity contribution in [3.63, 3.8) is 0 Å². The molecule has 0 aliphatic carbocycles. The first-order valence-corrected chi connectivity index (χ1v) is 7.92. The lowest BCUT2D eigenvalue weighted by Crippen LogP contribution is -2.36.